The number of nitrogens with one attached hydrogen (secondary N) is 3. The van der Waals surface area contributed by atoms with E-state index < -0.39 is 11.8 Å². The van der Waals surface area contributed by atoms with Crippen LogP contribution in [0.2, 0.25) is 0 Å². The lowest BCUT2D eigenvalue weighted by molar-refractivity contribution is -0.385. The number of benzene rings is 2. The normalized spacial score (nSPS) is 14.0. The Hall–Kier alpha value is -4.37. The summed E-state index contributed by atoms with van der Waals surface area (Å²) >= 11 is 0. The molecule has 1 saturated heterocycles. The summed E-state index contributed by atoms with van der Waals surface area (Å²) in [4.78, 5) is 23.9. The monoisotopic (exact) mass is 763 g/mol. The first-order valence-electron chi connectivity index (χ1n) is 19.8. The van der Waals surface area contributed by atoms with E-state index in [1.807, 2.05) is 12.1 Å². The Morgan fingerprint density at radius 1 is 0.927 bits per heavy atom. The minimum absolute atomic E-state index is 0.0281. The highest BCUT2D eigenvalue weighted by Crippen LogP contribution is 2.35. The van der Waals surface area contributed by atoms with Crippen LogP contribution in [0.15, 0.2) is 48.8 Å². The van der Waals surface area contributed by atoms with E-state index in [-0.39, 0.29) is 12.3 Å². The molecule has 1 aliphatic rings. The Morgan fingerprint density at radius 2 is 1.64 bits per heavy atom. The highest BCUT2D eigenvalue weighted by Gasteiger charge is 2.37. The van der Waals surface area contributed by atoms with Gasteiger partial charge in [-0.3, -0.25) is 14.8 Å². The predicted molar refractivity (Wildman–Crippen MR) is 211 cm³/mol. The second kappa shape index (κ2) is 21.6. The minimum Gasteiger partial charge on any atom is -0.493 e. The van der Waals surface area contributed by atoms with Crippen LogP contribution in [0.1, 0.15) is 84.3 Å². The van der Waals surface area contributed by atoms with Gasteiger partial charge in [-0.15, -0.1) is 0 Å². The number of H-pyrrole nitrogens is 1. The maximum atomic E-state index is 13.5. The molecule has 0 atom stereocenters. The number of likely N-dealkylation sites (tertiary alicyclic amines) is 1. The zero-order valence-electron chi connectivity index (χ0n) is 32.8. The van der Waals surface area contributed by atoms with Crippen LogP contribution in [0.25, 0.3) is 10.9 Å². The summed E-state index contributed by atoms with van der Waals surface area (Å²) in [5, 5.41) is 13.8. The number of anilines is 3. The summed E-state index contributed by atoms with van der Waals surface area (Å²) in [5.74, 6) is 0.970. The van der Waals surface area contributed by atoms with Crippen LogP contribution in [0.5, 0.6) is 11.5 Å². The molecule has 3 N–H and O–H groups in total. The van der Waals surface area contributed by atoms with E-state index in [4.69, 9.17) is 23.7 Å². The largest absolute Gasteiger partial charge is 0.493 e. The molecule has 4 aromatic rings. The summed E-state index contributed by atoms with van der Waals surface area (Å²) < 4.78 is 44.6. The number of hydrogen-bond donors (Lipinski definition) is 3. The number of unbranched alkanes of at least 4 members (excludes halogenated alkanes) is 3. The Labute approximate surface area is 324 Å². The van der Waals surface area contributed by atoms with Crippen molar-refractivity contribution in [1.82, 2.24) is 25.1 Å². The van der Waals surface area contributed by atoms with Crippen LogP contribution in [0, 0.1) is 11.7 Å². The van der Waals surface area contributed by atoms with Crippen LogP contribution >= 0.6 is 0 Å². The molecule has 0 spiro atoms. The van der Waals surface area contributed by atoms with Gasteiger partial charge in [0.05, 0.1) is 52.0 Å². The number of amides is 1. The molecule has 55 heavy (non-hydrogen) atoms. The molecule has 13 nitrogen and oxygen atoms in total. The Morgan fingerprint density at radius 3 is 2.29 bits per heavy atom. The molecule has 2 aromatic carbocycles. The number of hydrogen-bond acceptors (Lipinski definition) is 11. The molecule has 1 fully saturated rings. The van der Waals surface area contributed by atoms with E-state index >= 15 is 0 Å². The van der Waals surface area contributed by atoms with Gasteiger partial charge in [0.15, 0.2) is 17.3 Å². The van der Waals surface area contributed by atoms with Crippen LogP contribution in [-0.4, -0.2) is 90.1 Å². The SMILES string of the molecule is CCCCOC(CN1CCC(CCOc2cc3ncnc(Nc4cc(CC(=O)Nc5cccc(F)c5)[nH]n4)c3cc2OC)CC1)(OCCCC)OCCCC. The van der Waals surface area contributed by atoms with Crippen LogP contribution in [-0.2, 0) is 25.4 Å². The van der Waals surface area contributed by atoms with E-state index in [1.54, 1.807) is 19.2 Å². The van der Waals surface area contributed by atoms with Gasteiger partial charge in [0, 0.05) is 28.9 Å². The Kier molecular flexibility index (Phi) is 16.4. The van der Waals surface area contributed by atoms with Crippen molar-refractivity contribution in [2.24, 2.45) is 5.92 Å². The van der Waals surface area contributed by atoms with E-state index in [0.29, 0.717) is 78.9 Å². The summed E-state index contributed by atoms with van der Waals surface area (Å²) in [6, 6.07) is 11.2. The van der Waals surface area contributed by atoms with Crippen molar-refractivity contribution >= 4 is 34.1 Å². The van der Waals surface area contributed by atoms with Gasteiger partial charge in [0.1, 0.15) is 18.0 Å². The van der Waals surface area contributed by atoms with Crippen LogP contribution in [0.4, 0.5) is 21.7 Å². The summed E-state index contributed by atoms with van der Waals surface area (Å²) in [6.07, 6.45) is 10.6. The molecule has 0 saturated carbocycles. The first-order chi connectivity index (χ1) is 26.8. The number of methoxy groups -OCH3 is 1. The number of aromatic amines is 1. The number of piperidine rings is 1. The summed E-state index contributed by atoms with van der Waals surface area (Å²) in [6.45, 7) is 11.4. The highest BCUT2D eigenvalue weighted by atomic mass is 19.1. The van der Waals surface area contributed by atoms with Gasteiger partial charge >= 0.3 is 0 Å². The lowest BCUT2D eigenvalue weighted by atomic mass is 9.94. The molecule has 0 bridgehead atoms. The summed E-state index contributed by atoms with van der Waals surface area (Å²) in [7, 11) is 1.61. The third-order valence-corrected chi connectivity index (χ3v) is 9.63. The number of rotatable bonds is 24. The topological polar surface area (TPSA) is 145 Å². The first kappa shape index (κ1) is 41.8. The van der Waals surface area contributed by atoms with Crippen LogP contribution < -0.4 is 20.1 Å². The molecule has 1 amide bonds. The van der Waals surface area contributed by atoms with E-state index in [9.17, 15) is 9.18 Å². The fourth-order valence-corrected chi connectivity index (χ4v) is 6.44. The zero-order valence-corrected chi connectivity index (χ0v) is 32.8. The quantitative estimate of drug-likeness (QED) is 0.0472. The minimum atomic E-state index is -1.02. The molecule has 3 heterocycles. The van der Waals surface area contributed by atoms with Gasteiger partial charge in [0.2, 0.25) is 5.91 Å². The number of nitrogens with zero attached hydrogens (tertiary/aromatic N) is 4. The number of halogens is 1. The number of ether oxygens (including phenoxy) is 5. The third-order valence-electron chi connectivity index (χ3n) is 9.63. The van der Waals surface area contributed by atoms with Crippen molar-refractivity contribution in [3.05, 3.63) is 60.3 Å². The predicted octanol–water partition coefficient (Wildman–Crippen LogP) is 8.01. The van der Waals surface area contributed by atoms with Crippen molar-refractivity contribution in [3.8, 4) is 11.5 Å². The number of aromatic nitrogens is 4. The van der Waals surface area contributed by atoms with Crippen molar-refractivity contribution in [2.75, 3.05) is 63.8 Å². The fourth-order valence-electron chi connectivity index (χ4n) is 6.44. The standard InChI is InChI=1S/C41H58FN7O6/c1-5-8-19-53-41(54-20-9-6-2,55-21-10-7-3)28-49-17-14-30(15-18-49)16-22-52-37-27-35-34(26-36(37)51-4)40(44-29-43-35)46-38-24-33(47-48-38)25-39(50)45-32-13-11-12-31(42)23-32/h11-13,23-24,26-27,29-30H,5-10,14-22,25,28H2,1-4H3,(H,45,50)(H2,43,44,46,47,48). The first-order valence-corrected chi connectivity index (χ1v) is 19.8. The van der Waals surface area contributed by atoms with Gasteiger partial charge in [-0.2, -0.15) is 5.10 Å². The van der Waals surface area contributed by atoms with Gasteiger partial charge in [0.25, 0.3) is 5.97 Å². The molecule has 5 rings (SSSR count). The van der Waals surface area contributed by atoms with Crippen molar-refractivity contribution in [1.29, 1.82) is 0 Å². The smallest absolute Gasteiger partial charge is 0.296 e. The molecular weight excluding hydrogens is 705 g/mol. The Balaban J connectivity index is 1.14. The van der Waals surface area contributed by atoms with Gasteiger partial charge in [-0.05, 0) is 81.8 Å². The average molecular weight is 764 g/mol. The molecule has 0 unspecified atom stereocenters. The highest BCUT2D eigenvalue weighted by molar-refractivity contribution is 5.93. The molecule has 300 valence electrons. The molecule has 14 heteroatoms. The maximum Gasteiger partial charge on any atom is 0.296 e. The third kappa shape index (κ3) is 12.8. The zero-order chi connectivity index (χ0) is 38.9. The van der Waals surface area contributed by atoms with Crippen molar-refractivity contribution in [2.45, 2.75) is 91.0 Å². The number of carbonyl (C=O) groups is 1. The van der Waals surface area contributed by atoms with E-state index in [0.717, 1.165) is 76.3 Å². The molecular formula is C41H58FN7O6. The molecule has 0 aliphatic carbocycles. The van der Waals surface area contributed by atoms with Crippen molar-refractivity contribution in [3.63, 3.8) is 0 Å². The van der Waals surface area contributed by atoms with Gasteiger partial charge < -0.3 is 34.3 Å². The molecule has 1 aliphatic heterocycles. The second-order valence-corrected chi connectivity index (χ2v) is 14.0. The van der Waals surface area contributed by atoms with E-state index in [2.05, 4.69) is 56.5 Å². The lowest BCUT2D eigenvalue weighted by Crippen LogP contribution is -2.52. The fraction of sp³-hybridized carbons (Fsp3) is 0.561. The average Bonchev–Trinajstić information content (AvgIpc) is 3.61. The molecule has 2 aromatic heterocycles. The summed E-state index contributed by atoms with van der Waals surface area (Å²) in [5.41, 5.74) is 1.64. The van der Waals surface area contributed by atoms with Crippen molar-refractivity contribution < 1.29 is 32.9 Å². The number of fused-ring (bicyclic) bond motifs is 1. The maximum absolute atomic E-state index is 13.5. The van der Waals surface area contributed by atoms with Gasteiger partial charge in [-0.1, -0.05) is 46.1 Å². The number of carbonyl (C=O) groups excluding carboxylic acids is 1. The lowest BCUT2D eigenvalue weighted by Gasteiger charge is -2.40. The van der Waals surface area contributed by atoms with E-state index in [1.165, 1.54) is 24.5 Å². The molecule has 0 radical (unpaired) electrons. The van der Waals surface area contributed by atoms with Crippen LogP contribution in [0.3, 0.4) is 0 Å². The second-order valence-electron chi connectivity index (χ2n) is 14.0. The van der Waals surface area contributed by atoms with Gasteiger partial charge in [-0.25, -0.2) is 14.4 Å². The Bertz CT molecular complexity index is 1740.